The Kier molecular flexibility index (Phi) is 4.23. The first-order valence-electron chi connectivity index (χ1n) is 6.87. The van der Waals surface area contributed by atoms with Gasteiger partial charge in [-0.3, -0.25) is 0 Å². The van der Waals surface area contributed by atoms with Crippen molar-refractivity contribution in [1.82, 2.24) is 5.32 Å². The fourth-order valence-corrected chi connectivity index (χ4v) is 2.63. The number of nitrogens with one attached hydrogen (secondary N) is 1. The molecule has 1 N–H and O–H groups in total. The van der Waals surface area contributed by atoms with Crippen LogP contribution >= 0.6 is 0 Å². The molecule has 18 heavy (non-hydrogen) atoms. The molecule has 0 bridgehead atoms. The van der Waals surface area contributed by atoms with E-state index in [2.05, 4.69) is 31.0 Å². The van der Waals surface area contributed by atoms with Crippen molar-refractivity contribution in [3.05, 3.63) is 30.1 Å². The zero-order chi connectivity index (χ0) is 13.1. The Balaban J connectivity index is 2.21. The average Bonchev–Trinajstić information content (AvgIpc) is 2.38. The van der Waals surface area contributed by atoms with Crippen molar-refractivity contribution in [2.75, 3.05) is 18.0 Å². The third-order valence-electron chi connectivity index (χ3n) is 3.85. The zero-order valence-electron chi connectivity index (χ0n) is 11.5. The second-order valence-electron chi connectivity index (χ2n) is 5.45. The number of benzene rings is 1. The summed E-state index contributed by atoms with van der Waals surface area (Å²) in [6, 6.07) is 7.90. The van der Waals surface area contributed by atoms with E-state index in [1.165, 1.54) is 0 Å². The summed E-state index contributed by atoms with van der Waals surface area (Å²) in [5, 5.41) is 3.60. The lowest BCUT2D eigenvalue weighted by molar-refractivity contribution is 0.333. The predicted molar refractivity (Wildman–Crippen MR) is 74.5 cm³/mol. The van der Waals surface area contributed by atoms with Gasteiger partial charge in [0.25, 0.3) is 0 Å². The monoisotopic (exact) mass is 250 g/mol. The molecule has 1 aliphatic rings. The summed E-state index contributed by atoms with van der Waals surface area (Å²) in [6.07, 6.45) is 1.13. The molecule has 0 aliphatic carbocycles. The van der Waals surface area contributed by atoms with E-state index >= 15 is 0 Å². The SMILES string of the molecule is CCC1CN(c2ccc(F)cc2)C(C(C)C)CN1. The van der Waals surface area contributed by atoms with Crippen LogP contribution in [0.5, 0.6) is 0 Å². The van der Waals surface area contributed by atoms with Crippen LogP contribution in [0.15, 0.2) is 24.3 Å². The van der Waals surface area contributed by atoms with E-state index in [0.29, 0.717) is 18.0 Å². The molecular formula is C15H23FN2. The molecule has 1 aromatic carbocycles. The van der Waals surface area contributed by atoms with Gasteiger partial charge in [-0.05, 0) is 36.6 Å². The summed E-state index contributed by atoms with van der Waals surface area (Å²) >= 11 is 0. The minimum absolute atomic E-state index is 0.165. The van der Waals surface area contributed by atoms with E-state index in [4.69, 9.17) is 0 Å². The van der Waals surface area contributed by atoms with E-state index in [1.807, 2.05) is 12.1 Å². The van der Waals surface area contributed by atoms with Crippen molar-refractivity contribution in [2.24, 2.45) is 5.92 Å². The van der Waals surface area contributed by atoms with Crippen molar-refractivity contribution in [1.29, 1.82) is 0 Å². The van der Waals surface area contributed by atoms with Gasteiger partial charge in [-0.15, -0.1) is 0 Å². The van der Waals surface area contributed by atoms with Crippen LogP contribution in [-0.4, -0.2) is 25.2 Å². The summed E-state index contributed by atoms with van der Waals surface area (Å²) in [5.74, 6) is 0.419. The first kappa shape index (κ1) is 13.3. The third kappa shape index (κ3) is 2.83. The molecule has 1 aromatic rings. The van der Waals surface area contributed by atoms with Crippen molar-refractivity contribution >= 4 is 5.69 Å². The molecule has 1 aliphatic heterocycles. The van der Waals surface area contributed by atoms with Gasteiger partial charge in [-0.1, -0.05) is 20.8 Å². The number of anilines is 1. The normalized spacial score (nSPS) is 24.6. The van der Waals surface area contributed by atoms with E-state index in [-0.39, 0.29) is 5.82 Å². The molecule has 0 amide bonds. The van der Waals surface area contributed by atoms with Crippen molar-refractivity contribution in [3.63, 3.8) is 0 Å². The largest absolute Gasteiger partial charge is 0.365 e. The zero-order valence-corrected chi connectivity index (χ0v) is 11.5. The molecule has 1 fully saturated rings. The van der Waals surface area contributed by atoms with Crippen molar-refractivity contribution in [2.45, 2.75) is 39.3 Å². The van der Waals surface area contributed by atoms with Crippen LogP contribution in [-0.2, 0) is 0 Å². The quantitative estimate of drug-likeness (QED) is 0.887. The maximum Gasteiger partial charge on any atom is 0.123 e. The highest BCUT2D eigenvalue weighted by molar-refractivity contribution is 5.48. The highest BCUT2D eigenvalue weighted by atomic mass is 19.1. The molecule has 0 radical (unpaired) electrons. The Hall–Kier alpha value is -1.09. The maximum absolute atomic E-state index is 13.0. The summed E-state index contributed by atoms with van der Waals surface area (Å²) in [7, 11) is 0. The van der Waals surface area contributed by atoms with Gasteiger partial charge >= 0.3 is 0 Å². The number of halogens is 1. The second-order valence-corrected chi connectivity index (χ2v) is 5.45. The highest BCUT2D eigenvalue weighted by Gasteiger charge is 2.29. The Morgan fingerprint density at radius 3 is 2.56 bits per heavy atom. The summed E-state index contributed by atoms with van der Waals surface area (Å²) < 4.78 is 13.0. The molecule has 2 atom stereocenters. The lowest BCUT2D eigenvalue weighted by Crippen LogP contribution is -2.58. The van der Waals surface area contributed by atoms with E-state index in [0.717, 1.165) is 25.2 Å². The second kappa shape index (κ2) is 5.70. The van der Waals surface area contributed by atoms with Crippen LogP contribution < -0.4 is 10.2 Å². The van der Waals surface area contributed by atoms with Gasteiger partial charge in [0, 0.05) is 30.9 Å². The van der Waals surface area contributed by atoms with Gasteiger partial charge in [0.2, 0.25) is 0 Å². The Labute approximate surface area is 109 Å². The third-order valence-corrected chi connectivity index (χ3v) is 3.85. The molecule has 2 unspecified atom stereocenters. The molecule has 2 rings (SSSR count). The van der Waals surface area contributed by atoms with Crippen LogP contribution in [0.2, 0.25) is 0 Å². The van der Waals surface area contributed by atoms with Gasteiger partial charge in [-0.2, -0.15) is 0 Å². The number of hydrogen-bond acceptors (Lipinski definition) is 2. The molecule has 1 saturated heterocycles. The molecule has 3 heteroatoms. The van der Waals surface area contributed by atoms with E-state index in [1.54, 1.807) is 12.1 Å². The smallest absolute Gasteiger partial charge is 0.123 e. The highest BCUT2D eigenvalue weighted by Crippen LogP contribution is 2.24. The molecule has 0 aromatic heterocycles. The minimum Gasteiger partial charge on any atom is -0.365 e. The van der Waals surface area contributed by atoms with Crippen molar-refractivity contribution < 1.29 is 4.39 Å². The van der Waals surface area contributed by atoms with E-state index in [9.17, 15) is 4.39 Å². The average molecular weight is 250 g/mol. The van der Waals surface area contributed by atoms with Gasteiger partial charge in [0.05, 0.1) is 0 Å². The summed E-state index contributed by atoms with van der Waals surface area (Å²) in [6.45, 7) is 8.71. The predicted octanol–water partition coefficient (Wildman–Crippen LogP) is 3.04. The molecule has 1 heterocycles. The van der Waals surface area contributed by atoms with Gasteiger partial charge in [-0.25, -0.2) is 4.39 Å². The van der Waals surface area contributed by atoms with Crippen LogP contribution in [0.4, 0.5) is 10.1 Å². The van der Waals surface area contributed by atoms with Crippen molar-refractivity contribution in [3.8, 4) is 0 Å². The van der Waals surface area contributed by atoms with Gasteiger partial charge in [0.1, 0.15) is 5.82 Å². The lowest BCUT2D eigenvalue weighted by Gasteiger charge is -2.43. The lowest BCUT2D eigenvalue weighted by atomic mass is 9.97. The molecule has 0 saturated carbocycles. The van der Waals surface area contributed by atoms with E-state index < -0.39 is 0 Å². The van der Waals surface area contributed by atoms with Crippen LogP contribution in [0, 0.1) is 11.7 Å². The number of rotatable bonds is 3. The Morgan fingerprint density at radius 1 is 1.33 bits per heavy atom. The molecule has 2 nitrogen and oxygen atoms in total. The van der Waals surface area contributed by atoms with Gasteiger partial charge in [0.15, 0.2) is 0 Å². The van der Waals surface area contributed by atoms with Crippen LogP contribution in [0.25, 0.3) is 0 Å². The number of piperazine rings is 1. The first-order valence-corrected chi connectivity index (χ1v) is 6.87. The summed E-state index contributed by atoms with van der Waals surface area (Å²) in [4.78, 5) is 2.43. The molecular weight excluding hydrogens is 227 g/mol. The van der Waals surface area contributed by atoms with Crippen LogP contribution in [0.1, 0.15) is 27.2 Å². The van der Waals surface area contributed by atoms with Gasteiger partial charge < -0.3 is 10.2 Å². The minimum atomic E-state index is -0.165. The number of nitrogens with zero attached hydrogens (tertiary/aromatic N) is 1. The number of hydrogen-bond donors (Lipinski definition) is 1. The molecule has 0 spiro atoms. The topological polar surface area (TPSA) is 15.3 Å². The fourth-order valence-electron chi connectivity index (χ4n) is 2.63. The standard InChI is InChI=1S/C15H23FN2/c1-4-13-10-18(15(9-17-13)11(2)3)14-7-5-12(16)6-8-14/h5-8,11,13,15,17H,4,9-10H2,1-3H3. The molecule has 100 valence electrons. The van der Waals surface area contributed by atoms with Crippen LogP contribution in [0.3, 0.4) is 0 Å². The maximum atomic E-state index is 13.0. The first-order chi connectivity index (χ1) is 8.61. The Morgan fingerprint density at radius 2 is 2.00 bits per heavy atom. The summed E-state index contributed by atoms with van der Waals surface area (Å²) in [5.41, 5.74) is 1.13. The fraction of sp³-hybridized carbons (Fsp3) is 0.600. The Bertz CT molecular complexity index is 375.